The van der Waals surface area contributed by atoms with Gasteiger partial charge in [-0.05, 0) is 31.6 Å². The van der Waals surface area contributed by atoms with Crippen LogP contribution < -0.4 is 0 Å². The van der Waals surface area contributed by atoms with E-state index >= 15 is 0 Å². The van der Waals surface area contributed by atoms with E-state index in [0.717, 1.165) is 18.9 Å². The van der Waals surface area contributed by atoms with Crippen LogP contribution in [0.15, 0.2) is 0 Å². The van der Waals surface area contributed by atoms with Crippen molar-refractivity contribution in [2.75, 3.05) is 6.54 Å². The Labute approximate surface area is 87.7 Å². The van der Waals surface area contributed by atoms with Gasteiger partial charge in [0.05, 0.1) is 0 Å². The Bertz CT molecular complexity index is 198. The van der Waals surface area contributed by atoms with Gasteiger partial charge < -0.3 is 4.90 Å². The van der Waals surface area contributed by atoms with Crippen LogP contribution in [0.4, 0.5) is 0 Å². The molecule has 82 valence electrons. The summed E-state index contributed by atoms with van der Waals surface area (Å²) in [4.78, 5) is 13.6. The van der Waals surface area contributed by atoms with Crippen LogP contribution in [0.2, 0.25) is 0 Å². The third kappa shape index (κ3) is 2.49. The zero-order chi connectivity index (χ0) is 10.7. The second-order valence-electron chi connectivity index (χ2n) is 4.43. The van der Waals surface area contributed by atoms with Gasteiger partial charge in [0.1, 0.15) is 0 Å². The Balaban J connectivity index is 0.000000461. The minimum atomic E-state index is 0.377. The molecular formula is C12H23NO. The lowest BCUT2D eigenvalue weighted by molar-refractivity contribution is -0.129. The van der Waals surface area contributed by atoms with Gasteiger partial charge in [0.15, 0.2) is 0 Å². The normalized spacial score (nSPS) is 28.4. The van der Waals surface area contributed by atoms with E-state index in [1.807, 2.05) is 13.8 Å². The van der Waals surface area contributed by atoms with Crippen LogP contribution in [-0.4, -0.2) is 23.4 Å². The van der Waals surface area contributed by atoms with E-state index in [-0.39, 0.29) is 0 Å². The molecular weight excluding hydrogens is 174 g/mol. The second kappa shape index (κ2) is 4.81. The number of hydrogen-bond donors (Lipinski definition) is 0. The highest BCUT2D eigenvalue weighted by Crippen LogP contribution is 2.37. The first-order chi connectivity index (χ1) is 6.68. The highest BCUT2D eigenvalue weighted by atomic mass is 16.2. The Morgan fingerprint density at radius 3 is 2.29 bits per heavy atom. The molecule has 0 aromatic rings. The predicted molar refractivity (Wildman–Crippen MR) is 59.0 cm³/mol. The van der Waals surface area contributed by atoms with Gasteiger partial charge in [0.2, 0.25) is 5.91 Å². The Morgan fingerprint density at radius 2 is 1.93 bits per heavy atom. The number of amides is 1. The van der Waals surface area contributed by atoms with Gasteiger partial charge in [-0.2, -0.15) is 0 Å². The summed E-state index contributed by atoms with van der Waals surface area (Å²) in [5.74, 6) is 1.78. The Morgan fingerprint density at radius 1 is 1.36 bits per heavy atom. The predicted octanol–water partition coefficient (Wildman–Crippen LogP) is 2.68. The van der Waals surface area contributed by atoms with Crippen molar-refractivity contribution in [1.82, 2.24) is 4.90 Å². The summed E-state index contributed by atoms with van der Waals surface area (Å²) < 4.78 is 0. The van der Waals surface area contributed by atoms with Crippen LogP contribution in [0.1, 0.15) is 47.0 Å². The molecule has 0 aromatic carbocycles. The molecule has 2 atom stereocenters. The molecule has 2 heteroatoms. The van der Waals surface area contributed by atoms with Gasteiger partial charge in [0, 0.05) is 19.0 Å². The van der Waals surface area contributed by atoms with Gasteiger partial charge in [-0.1, -0.05) is 20.8 Å². The minimum Gasteiger partial charge on any atom is -0.339 e. The highest BCUT2D eigenvalue weighted by molar-refractivity contribution is 5.78. The maximum absolute atomic E-state index is 11.5. The fraction of sp³-hybridized carbons (Fsp3) is 0.917. The SMILES string of the molecule is CC.CC1CC(=O)N([C@H](C)C2CC2)C1. The molecule has 1 unspecified atom stereocenters. The summed E-state index contributed by atoms with van der Waals surface area (Å²) in [6, 6.07) is 0.516. The number of likely N-dealkylation sites (tertiary alicyclic amines) is 1. The zero-order valence-electron chi connectivity index (χ0n) is 9.92. The standard InChI is InChI=1S/C10H17NO.C2H6/c1-7-5-10(12)11(6-7)8(2)9-3-4-9;1-2/h7-9H,3-6H2,1-2H3;1-2H3/t7?,8-;/m1./s1. The Kier molecular flexibility index (Phi) is 3.97. The van der Waals surface area contributed by atoms with Crippen LogP contribution >= 0.6 is 0 Å². The van der Waals surface area contributed by atoms with E-state index < -0.39 is 0 Å². The number of hydrogen-bond acceptors (Lipinski definition) is 1. The summed E-state index contributed by atoms with van der Waals surface area (Å²) in [5, 5.41) is 0. The van der Waals surface area contributed by atoms with Gasteiger partial charge in [-0.15, -0.1) is 0 Å². The van der Waals surface area contributed by atoms with Crippen molar-refractivity contribution < 1.29 is 4.79 Å². The van der Waals surface area contributed by atoms with Crippen molar-refractivity contribution in [3.63, 3.8) is 0 Å². The first-order valence-corrected chi connectivity index (χ1v) is 5.98. The second-order valence-corrected chi connectivity index (χ2v) is 4.43. The van der Waals surface area contributed by atoms with Gasteiger partial charge >= 0.3 is 0 Å². The lowest BCUT2D eigenvalue weighted by Gasteiger charge is -2.24. The van der Waals surface area contributed by atoms with Crippen LogP contribution in [0.25, 0.3) is 0 Å². The lowest BCUT2D eigenvalue weighted by atomic mass is 10.1. The van der Waals surface area contributed by atoms with Crippen molar-refractivity contribution in [2.45, 2.75) is 53.0 Å². The summed E-state index contributed by atoms with van der Waals surface area (Å²) >= 11 is 0. The molecule has 1 saturated carbocycles. The van der Waals surface area contributed by atoms with E-state index in [0.29, 0.717) is 17.9 Å². The first kappa shape index (κ1) is 11.5. The molecule has 1 aliphatic heterocycles. The average Bonchev–Trinajstić information content (AvgIpc) is 2.95. The molecule has 0 aromatic heterocycles. The molecule has 1 saturated heterocycles. The highest BCUT2D eigenvalue weighted by Gasteiger charge is 2.37. The maximum Gasteiger partial charge on any atom is 0.223 e. The molecule has 2 fully saturated rings. The molecule has 1 amide bonds. The first-order valence-electron chi connectivity index (χ1n) is 5.98. The third-order valence-electron chi connectivity index (χ3n) is 3.15. The Hall–Kier alpha value is -0.530. The zero-order valence-corrected chi connectivity index (χ0v) is 9.92. The number of carbonyl (C=O) groups is 1. The molecule has 2 nitrogen and oxygen atoms in total. The quantitative estimate of drug-likeness (QED) is 0.666. The van der Waals surface area contributed by atoms with E-state index in [9.17, 15) is 4.79 Å². The van der Waals surface area contributed by atoms with Crippen LogP contribution in [0, 0.1) is 11.8 Å². The van der Waals surface area contributed by atoms with Crippen molar-refractivity contribution in [3.05, 3.63) is 0 Å². The third-order valence-corrected chi connectivity index (χ3v) is 3.15. The van der Waals surface area contributed by atoms with E-state index in [1.54, 1.807) is 0 Å². The lowest BCUT2D eigenvalue weighted by Crippen LogP contribution is -2.35. The fourth-order valence-electron chi connectivity index (χ4n) is 2.14. The van der Waals surface area contributed by atoms with Crippen LogP contribution in [-0.2, 0) is 4.79 Å². The minimum absolute atomic E-state index is 0.377. The monoisotopic (exact) mass is 197 g/mol. The average molecular weight is 197 g/mol. The summed E-state index contributed by atoms with van der Waals surface area (Å²) in [7, 11) is 0. The topological polar surface area (TPSA) is 20.3 Å². The molecule has 14 heavy (non-hydrogen) atoms. The molecule has 0 N–H and O–H groups in total. The van der Waals surface area contributed by atoms with Crippen molar-refractivity contribution in [3.8, 4) is 0 Å². The number of carbonyl (C=O) groups excluding carboxylic acids is 1. The van der Waals surface area contributed by atoms with E-state index in [2.05, 4.69) is 18.7 Å². The summed E-state index contributed by atoms with van der Waals surface area (Å²) in [6.45, 7) is 9.36. The van der Waals surface area contributed by atoms with Gasteiger partial charge in [-0.3, -0.25) is 4.79 Å². The van der Waals surface area contributed by atoms with E-state index in [4.69, 9.17) is 0 Å². The van der Waals surface area contributed by atoms with Crippen molar-refractivity contribution in [2.24, 2.45) is 11.8 Å². The maximum atomic E-state index is 11.5. The van der Waals surface area contributed by atoms with E-state index in [1.165, 1.54) is 12.8 Å². The van der Waals surface area contributed by atoms with Gasteiger partial charge in [0.25, 0.3) is 0 Å². The molecule has 1 aliphatic carbocycles. The molecule has 2 aliphatic rings. The molecule has 0 bridgehead atoms. The molecule has 0 radical (unpaired) electrons. The van der Waals surface area contributed by atoms with Crippen LogP contribution in [0.5, 0.6) is 0 Å². The number of rotatable bonds is 2. The summed E-state index contributed by atoms with van der Waals surface area (Å²) in [5.41, 5.74) is 0. The molecule has 2 rings (SSSR count). The van der Waals surface area contributed by atoms with Crippen LogP contribution in [0.3, 0.4) is 0 Å². The molecule has 1 heterocycles. The smallest absolute Gasteiger partial charge is 0.223 e. The van der Waals surface area contributed by atoms with Crippen molar-refractivity contribution >= 4 is 5.91 Å². The largest absolute Gasteiger partial charge is 0.339 e. The van der Waals surface area contributed by atoms with Gasteiger partial charge in [-0.25, -0.2) is 0 Å². The van der Waals surface area contributed by atoms with Crippen molar-refractivity contribution in [1.29, 1.82) is 0 Å². The number of nitrogens with zero attached hydrogens (tertiary/aromatic N) is 1. The summed E-state index contributed by atoms with van der Waals surface area (Å²) in [6.07, 6.45) is 3.44. The molecule has 0 spiro atoms. The fourth-order valence-corrected chi connectivity index (χ4v) is 2.14.